The van der Waals surface area contributed by atoms with Gasteiger partial charge in [0.1, 0.15) is 5.60 Å². The number of carbonyl (C=O) groups is 1. The topological polar surface area (TPSA) is 67.8 Å². The number of rotatable bonds is 3. The van der Waals surface area contributed by atoms with Crippen molar-refractivity contribution in [3.63, 3.8) is 0 Å². The number of fused-ring (bicyclic) bond motifs is 4. The third kappa shape index (κ3) is 3.31. The molecule has 1 heterocycles. The molecule has 5 saturated carbocycles. The van der Waals surface area contributed by atoms with Crippen molar-refractivity contribution in [1.82, 2.24) is 5.32 Å². The van der Waals surface area contributed by atoms with Crippen LogP contribution >= 0.6 is 0 Å². The van der Waals surface area contributed by atoms with Crippen LogP contribution in [0.4, 0.5) is 4.79 Å². The predicted octanol–water partition coefficient (Wildman–Crippen LogP) is 6.71. The molecule has 5 nitrogen and oxygen atoms in total. The number of ether oxygens (including phenoxy) is 2. The van der Waals surface area contributed by atoms with E-state index in [9.17, 15) is 9.90 Å². The van der Waals surface area contributed by atoms with Crippen molar-refractivity contribution in [3.8, 4) is 0 Å². The maximum Gasteiger partial charge on any atom is 0.407 e. The number of alkyl carbamates (subject to hydrolysis) is 1. The van der Waals surface area contributed by atoms with Crippen molar-refractivity contribution in [2.75, 3.05) is 7.05 Å². The number of carbonyl (C=O) groups excluding carboxylic acids is 1. The van der Waals surface area contributed by atoms with Gasteiger partial charge in [-0.15, -0.1) is 0 Å². The smallest absolute Gasteiger partial charge is 0.407 e. The molecule has 5 aliphatic carbocycles. The Kier molecular flexibility index (Phi) is 5.64. The zero-order chi connectivity index (χ0) is 26.8. The molecule has 0 aromatic carbocycles. The summed E-state index contributed by atoms with van der Waals surface area (Å²) in [6.07, 6.45) is 11.9. The van der Waals surface area contributed by atoms with Gasteiger partial charge in [-0.1, -0.05) is 34.6 Å². The van der Waals surface area contributed by atoms with Gasteiger partial charge in [-0.25, -0.2) is 4.79 Å². The number of hydrogen-bond acceptors (Lipinski definition) is 4. The second kappa shape index (κ2) is 7.89. The average Bonchev–Trinajstić information content (AvgIpc) is 3.39. The molecular formula is C32H53NO4. The van der Waals surface area contributed by atoms with E-state index in [0.29, 0.717) is 45.5 Å². The summed E-state index contributed by atoms with van der Waals surface area (Å²) >= 11 is 0. The van der Waals surface area contributed by atoms with E-state index in [2.05, 4.69) is 39.9 Å². The summed E-state index contributed by atoms with van der Waals surface area (Å²) in [6.45, 7) is 16.5. The zero-order valence-electron chi connectivity index (χ0n) is 24.8. The Morgan fingerprint density at radius 3 is 2.41 bits per heavy atom. The van der Waals surface area contributed by atoms with Crippen molar-refractivity contribution in [1.29, 1.82) is 0 Å². The molecule has 0 bridgehead atoms. The molecule has 210 valence electrons. The van der Waals surface area contributed by atoms with Gasteiger partial charge in [-0.05, 0) is 122 Å². The van der Waals surface area contributed by atoms with E-state index < -0.39 is 5.60 Å². The Morgan fingerprint density at radius 1 is 1.03 bits per heavy atom. The SMILES string of the molecule is CNC(=O)OC(C)(C)CC1CC(C)C2C(CC3(C)C4CCC5C(C)(C)C(O)CCC56CC46CCC23C)O1. The lowest BCUT2D eigenvalue weighted by molar-refractivity contribution is -0.168. The van der Waals surface area contributed by atoms with Gasteiger partial charge in [0.2, 0.25) is 0 Å². The first kappa shape index (κ1) is 26.4. The van der Waals surface area contributed by atoms with Crippen molar-refractivity contribution < 1.29 is 19.4 Å². The fourth-order valence-corrected chi connectivity index (χ4v) is 12.4. The summed E-state index contributed by atoms with van der Waals surface area (Å²) in [5.74, 6) is 2.70. The number of nitrogens with one attached hydrogen (secondary N) is 1. The van der Waals surface area contributed by atoms with E-state index in [0.717, 1.165) is 25.2 Å². The van der Waals surface area contributed by atoms with Crippen molar-refractivity contribution in [3.05, 3.63) is 0 Å². The first-order valence-electron chi connectivity index (χ1n) is 15.4. The molecule has 1 aliphatic heterocycles. The summed E-state index contributed by atoms with van der Waals surface area (Å²) < 4.78 is 12.7. The first-order chi connectivity index (χ1) is 17.2. The molecule has 5 heteroatoms. The molecule has 2 N–H and O–H groups in total. The molecule has 6 aliphatic rings. The Bertz CT molecular complexity index is 962. The van der Waals surface area contributed by atoms with Gasteiger partial charge in [-0.3, -0.25) is 0 Å². The largest absolute Gasteiger partial charge is 0.443 e. The molecular weight excluding hydrogens is 462 g/mol. The Hall–Kier alpha value is -0.810. The Morgan fingerprint density at radius 2 is 1.70 bits per heavy atom. The van der Waals surface area contributed by atoms with Crippen LogP contribution in [0, 0.1) is 50.7 Å². The highest BCUT2D eigenvalue weighted by atomic mass is 16.6. The van der Waals surface area contributed by atoms with Gasteiger partial charge in [0.25, 0.3) is 0 Å². The molecule has 6 fully saturated rings. The molecule has 0 radical (unpaired) electrons. The monoisotopic (exact) mass is 515 g/mol. The predicted molar refractivity (Wildman–Crippen MR) is 145 cm³/mol. The van der Waals surface area contributed by atoms with Gasteiger partial charge < -0.3 is 19.9 Å². The molecule has 0 aromatic rings. The van der Waals surface area contributed by atoms with E-state index in [1.165, 1.54) is 44.9 Å². The second-order valence-electron chi connectivity index (χ2n) is 16.2. The quantitative estimate of drug-likeness (QED) is 0.438. The Labute approximate surface area is 225 Å². The standard InChI is InChI=1S/C32H53NO4/c1-19-15-20(16-27(2,3)37-26(35)33-8)36-21-17-30(7)23-10-9-22-28(4,5)24(34)11-12-31(22)18-32(23,31)14-13-29(30,6)25(19)21/h19-25,34H,9-18H2,1-8H3,(H,33,35). The maximum atomic E-state index is 11.9. The molecule has 0 aromatic heterocycles. The number of hydrogen-bond donors (Lipinski definition) is 2. The average molecular weight is 516 g/mol. The number of aliphatic hydroxyl groups excluding tert-OH is 1. The fraction of sp³-hybridized carbons (Fsp3) is 0.969. The molecule has 1 amide bonds. The summed E-state index contributed by atoms with van der Waals surface area (Å²) in [4.78, 5) is 11.9. The normalized spacial score (nSPS) is 53.6. The van der Waals surface area contributed by atoms with E-state index >= 15 is 0 Å². The summed E-state index contributed by atoms with van der Waals surface area (Å²) in [5.41, 5.74) is 1.12. The van der Waals surface area contributed by atoms with Crippen LogP contribution in [0.2, 0.25) is 0 Å². The van der Waals surface area contributed by atoms with Gasteiger partial charge in [0, 0.05) is 13.5 Å². The molecule has 2 spiro atoms. The van der Waals surface area contributed by atoms with Crippen LogP contribution in [0.1, 0.15) is 113 Å². The van der Waals surface area contributed by atoms with E-state index in [-0.39, 0.29) is 23.7 Å². The zero-order valence-corrected chi connectivity index (χ0v) is 24.8. The van der Waals surface area contributed by atoms with Crippen LogP contribution < -0.4 is 5.32 Å². The van der Waals surface area contributed by atoms with Crippen LogP contribution in [0.5, 0.6) is 0 Å². The lowest BCUT2D eigenvalue weighted by atomic mass is 9.41. The summed E-state index contributed by atoms with van der Waals surface area (Å²) in [7, 11) is 1.62. The van der Waals surface area contributed by atoms with Gasteiger partial charge in [0.05, 0.1) is 18.3 Å². The highest BCUT2D eigenvalue weighted by molar-refractivity contribution is 5.67. The van der Waals surface area contributed by atoms with Crippen LogP contribution in [0.15, 0.2) is 0 Å². The van der Waals surface area contributed by atoms with Crippen LogP contribution in [0.25, 0.3) is 0 Å². The van der Waals surface area contributed by atoms with Gasteiger partial charge in [-0.2, -0.15) is 0 Å². The minimum atomic E-state index is -0.544. The molecule has 1 saturated heterocycles. The highest BCUT2D eigenvalue weighted by Crippen LogP contribution is 2.89. The first-order valence-corrected chi connectivity index (χ1v) is 15.4. The fourth-order valence-electron chi connectivity index (χ4n) is 12.4. The highest BCUT2D eigenvalue weighted by Gasteiger charge is 2.83. The van der Waals surface area contributed by atoms with Crippen LogP contribution in [0.3, 0.4) is 0 Å². The summed E-state index contributed by atoms with van der Waals surface area (Å²) in [5, 5.41) is 13.5. The molecule has 11 unspecified atom stereocenters. The second-order valence-corrected chi connectivity index (χ2v) is 16.2. The van der Waals surface area contributed by atoms with Crippen LogP contribution in [-0.4, -0.2) is 42.2 Å². The van der Waals surface area contributed by atoms with Gasteiger partial charge >= 0.3 is 6.09 Å². The lowest BCUT2D eigenvalue weighted by Crippen LogP contribution is -2.57. The Balaban J connectivity index is 1.25. The molecule has 11 atom stereocenters. The van der Waals surface area contributed by atoms with Crippen molar-refractivity contribution >= 4 is 6.09 Å². The lowest BCUT2D eigenvalue weighted by Gasteiger charge is -2.63. The molecule has 37 heavy (non-hydrogen) atoms. The van der Waals surface area contributed by atoms with Crippen molar-refractivity contribution in [2.24, 2.45) is 50.7 Å². The maximum absolute atomic E-state index is 11.9. The van der Waals surface area contributed by atoms with E-state index in [1.54, 1.807) is 7.05 Å². The third-order valence-electron chi connectivity index (χ3n) is 14.0. The minimum absolute atomic E-state index is 0.0481. The van der Waals surface area contributed by atoms with Crippen LogP contribution in [-0.2, 0) is 9.47 Å². The van der Waals surface area contributed by atoms with Crippen molar-refractivity contribution in [2.45, 2.75) is 137 Å². The number of amides is 1. The minimum Gasteiger partial charge on any atom is -0.443 e. The molecule has 6 rings (SSSR count). The van der Waals surface area contributed by atoms with E-state index in [1.807, 2.05) is 13.8 Å². The van der Waals surface area contributed by atoms with Gasteiger partial charge in [0.15, 0.2) is 0 Å². The van der Waals surface area contributed by atoms with E-state index in [4.69, 9.17) is 9.47 Å². The summed E-state index contributed by atoms with van der Waals surface area (Å²) in [6, 6.07) is 0. The third-order valence-corrected chi connectivity index (χ3v) is 14.0. The number of aliphatic hydroxyl groups is 1.